The van der Waals surface area contributed by atoms with Crippen LogP contribution in [0.3, 0.4) is 0 Å². The third kappa shape index (κ3) is 4.26. The number of hydrogen-bond acceptors (Lipinski definition) is 5. The number of carboxylic acid groups (broad SMARTS) is 1. The summed E-state index contributed by atoms with van der Waals surface area (Å²) in [5.41, 5.74) is 2.02. The van der Waals surface area contributed by atoms with Crippen molar-refractivity contribution in [3.8, 4) is 11.5 Å². The minimum atomic E-state index is -0.810. The molecule has 1 fully saturated rings. The maximum absolute atomic E-state index is 12.2. The highest BCUT2D eigenvalue weighted by Gasteiger charge is 2.37. The SMILES string of the molecule is CC(C)c1ccccc1Oc1ccc(/C=C2\SC(N3CC(C(=O)O)C3)=NC2=O)cc1. The predicted octanol–water partition coefficient (Wildman–Crippen LogP) is 4.59. The van der Waals surface area contributed by atoms with Gasteiger partial charge >= 0.3 is 5.97 Å². The first kappa shape index (κ1) is 20.2. The number of carbonyl (C=O) groups is 2. The standard InChI is InChI=1S/C23H22N2O4S/c1-14(2)18-5-3-4-6-19(18)29-17-9-7-15(8-10-17)11-20-21(26)24-23(30-20)25-12-16(13-25)22(27)28/h3-11,14,16H,12-13H2,1-2H3,(H,27,28)/b20-11-. The molecule has 2 aromatic carbocycles. The number of amides is 1. The van der Waals surface area contributed by atoms with Crippen LogP contribution in [0.1, 0.15) is 30.9 Å². The van der Waals surface area contributed by atoms with E-state index in [4.69, 9.17) is 9.84 Å². The maximum Gasteiger partial charge on any atom is 0.310 e. The van der Waals surface area contributed by atoms with E-state index in [2.05, 4.69) is 24.9 Å². The van der Waals surface area contributed by atoms with Crippen molar-refractivity contribution in [1.29, 1.82) is 0 Å². The number of amidine groups is 1. The van der Waals surface area contributed by atoms with E-state index in [9.17, 15) is 9.59 Å². The van der Waals surface area contributed by atoms with Gasteiger partial charge in [0.05, 0.1) is 10.8 Å². The molecule has 2 aliphatic heterocycles. The van der Waals surface area contributed by atoms with Crippen LogP contribution >= 0.6 is 11.8 Å². The minimum absolute atomic E-state index is 0.292. The van der Waals surface area contributed by atoms with Crippen molar-refractivity contribution in [3.63, 3.8) is 0 Å². The van der Waals surface area contributed by atoms with Crippen molar-refractivity contribution in [1.82, 2.24) is 4.90 Å². The van der Waals surface area contributed by atoms with Gasteiger partial charge in [-0.3, -0.25) is 9.59 Å². The fraction of sp³-hybridized carbons (Fsp3) is 0.261. The van der Waals surface area contributed by atoms with Gasteiger partial charge in [-0.2, -0.15) is 4.99 Å². The highest BCUT2D eigenvalue weighted by Crippen LogP contribution is 2.34. The Balaban J connectivity index is 1.41. The number of rotatable bonds is 5. The fourth-order valence-corrected chi connectivity index (χ4v) is 4.22. The van der Waals surface area contributed by atoms with Crippen LogP contribution < -0.4 is 4.74 Å². The fourth-order valence-electron chi connectivity index (χ4n) is 3.29. The van der Waals surface area contributed by atoms with E-state index in [1.165, 1.54) is 11.8 Å². The van der Waals surface area contributed by atoms with Crippen molar-refractivity contribution < 1.29 is 19.4 Å². The molecule has 0 bridgehead atoms. The molecule has 1 N–H and O–H groups in total. The van der Waals surface area contributed by atoms with Crippen LogP contribution in [0.2, 0.25) is 0 Å². The van der Waals surface area contributed by atoms with Gasteiger partial charge < -0.3 is 14.7 Å². The number of nitrogens with zero attached hydrogens (tertiary/aromatic N) is 2. The van der Waals surface area contributed by atoms with E-state index in [0.717, 1.165) is 22.6 Å². The van der Waals surface area contributed by atoms with Gasteiger partial charge in [0.25, 0.3) is 5.91 Å². The van der Waals surface area contributed by atoms with E-state index in [1.807, 2.05) is 47.4 Å². The molecule has 1 saturated heterocycles. The molecule has 1 amide bonds. The molecule has 0 atom stereocenters. The van der Waals surface area contributed by atoms with Crippen LogP contribution in [0.25, 0.3) is 6.08 Å². The molecule has 4 rings (SSSR count). The molecule has 2 aliphatic rings. The van der Waals surface area contributed by atoms with Crippen LogP contribution in [-0.4, -0.2) is 40.1 Å². The van der Waals surface area contributed by atoms with Crippen LogP contribution in [0.5, 0.6) is 11.5 Å². The average molecular weight is 423 g/mol. The summed E-state index contributed by atoms with van der Waals surface area (Å²) >= 11 is 1.29. The second-order valence-electron chi connectivity index (χ2n) is 7.61. The number of ether oxygens (including phenoxy) is 1. The van der Waals surface area contributed by atoms with Gasteiger partial charge in [0.2, 0.25) is 0 Å². The first-order chi connectivity index (χ1) is 14.4. The van der Waals surface area contributed by atoms with Crippen LogP contribution in [-0.2, 0) is 9.59 Å². The summed E-state index contributed by atoms with van der Waals surface area (Å²) in [5, 5.41) is 9.57. The Labute approximate surface area is 179 Å². The number of carboxylic acids is 1. The lowest BCUT2D eigenvalue weighted by atomic mass is 10.0. The average Bonchev–Trinajstić information content (AvgIpc) is 3.02. The molecule has 2 heterocycles. The van der Waals surface area contributed by atoms with Gasteiger partial charge in [0.1, 0.15) is 11.5 Å². The maximum atomic E-state index is 12.2. The number of thioether (sulfide) groups is 1. The Hall–Kier alpha value is -3.06. The van der Waals surface area contributed by atoms with Gasteiger partial charge in [0, 0.05) is 13.1 Å². The molecule has 0 spiro atoms. The number of likely N-dealkylation sites (tertiary alicyclic amines) is 1. The zero-order chi connectivity index (χ0) is 21.3. The highest BCUT2D eigenvalue weighted by atomic mass is 32.2. The number of aliphatic carboxylic acids is 1. The normalized spacial score (nSPS) is 18.0. The van der Waals surface area contributed by atoms with Crippen LogP contribution in [0, 0.1) is 5.92 Å². The van der Waals surface area contributed by atoms with E-state index in [0.29, 0.717) is 29.1 Å². The van der Waals surface area contributed by atoms with Crippen molar-refractivity contribution in [2.75, 3.05) is 13.1 Å². The summed E-state index contributed by atoms with van der Waals surface area (Å²) in [5.74, 6) is 0.447. The summed E-state index contributed by atoms with van der Waals surface area (Å²) < 4.78 is 6.05. The first-order valence-corrected chi connectivity index (χ1v) is 10.6. The Kier molecular flexibility index (Phi) is 5.63. The third-order valence-corrected chi connectivity index (χ3v) is 6.10. The molecule has 0 radical (unpaired) electrons. The van der Waals surface area contributed by atoms with Crippen molar-refractivity contribution in [2.24, 2.45) is 10.9 Å². The molecule has 2 aromatic rings. The molecule has 0 unspecified atom stereocenters. The van der Waals surface area contributed by atoms with Crippen LogP contribution in [0.4, 0.5) is 0 Å². The zero-order valence-electron chi connectivity index (χ0n) is 16.7. The Morgan fingerprint density at radius 1 is 1.20 bits per heavy atom. The molecule has 6 nitrogen and oxygen atoms in total. The zero-order valence-corrected chi connectivity index (χ0v) is 17.6. The highest BCUT2D eigenvalue weighted by molar-refractivity contribution is 8.18. The number of hydrogen-bond donors (Lipinski definition) is 1. The van der Waals surface area contributed by atoms with E-state index < -0.39 is 5.97 Å². The summed E-state index contributed by atoms with van der Waals surface area (Å²) in [7, 11) is 0. The lowest BCUT2D eigenvalue weighted by Gasteiger charge is -2.37. The number of carbonyl (C=O) groups excluding carboxylic acids is 1. The largest absolute Gasteiger partial charge is 0.481 e. The van der Waals surface area contributed by atoms with Crippen molar-refractivity contribution >= 4 is 34.9 Å². The lowest BCUT2D eigenvalue weighted by molar-refractivity contribution is -0.145. The number of benzene rings is 2. The quantitative estimate of drug-likeness (QED) is 0.710. The monoisotopic (exact) mass is 422 g/mol. The summed E-state index contributed by atoms with van der Waals surface area (Å²) in [6.07, 6.45) is 1.80. The van der Waals surface area contributed by atoms with Crippen molar-refractivity contribution in [2.45, 2.75) is 19.8 Å². The van der Waals surface area contributed by atoms with Gasteiger partial charge in [-0.15, -0.1) is 0 Å². The van der Waals surface area contributed by atoms with Gasteiger partial charge in [-0.1, -0.05) is 44.2 Å². The minimum Gasteiger partial charge on any atom is -0.481 e. The molecule has 154 valence electrons. The summed E-state index contributed by atoms with van der Waals surface area (Å²) in [6.45, 7) is 5.05. The molecule has 0 saturated carbocycles. The Morgan fingerprint density at radius 3 is 2.57 bits per heavy atom. The third-order valence-electron chi connectivity index (χ3n) is 5.06. The van der Waals surface area contributed by atoms with E-state index >= 15 is 0 Å². The second-order valence-corrected chi connectivity index (χ2v) is 8.62. The predicted molar refractivity (Wildman–Crippen MR) is 118 cm³/mol. The van der Waals surface area contributed by atoms with E-state index in [-0.39, 0.29) is 11.8 Å². The van der Waals surface area contributed by atoms with Crippen LogP contribution in [0.15, 0.2) is 58.4 Å². The lowest BCUT2D eigenvalue weighted by Crippen LogP contribution is -2.51. The van der Waals surface area contributed by atoms with Gasteiger partial charge in [-0.05, 0) is 53.1 Å². The van der Waals surface area contributed by atoms with Gasteiger partial charge in [0.15, 0.2) is 5.17 Å². The summed E-state index contributed by atoms with van der Waals surface area (Å²) in [6, 6.07) is 15.5. The van der Waals surface area contributed by atoms with Gasteiger partial charge in [-0.25, -0.2) is 0 Å². The molecule has 0 aliphatic carbocycles. The van der Waals surface area contributed by atoms with Crippen molar-refractivity contribution in [3.05, 3.63) is 64.6 Å². The Morgan fingerprint density at radius 2 is 1.90 bits per heavy atom. The Bertz CT molecular complexity index is 1040. The summed E-state index contributed by atoms with van der Waals surface area (Å²) in [4.78, 5) is 29.6. The van der Waals surface area contributed by atoms with E-state index in [1.54, 1.807) is 6.08 Å². The second kappa shape index (κ2) is 8.36. The molecule has 7 heteroatoms. The smallest absolute Gasteiger partial charge is 0.310 e. The number of para-hydroxylation sites is 1. The topological polar surface area (TPSA) is 79.2 Å². The molecule has 30 heavy (non-hydrogen) atoms. The first-order valence-electron chi connectivity index (χ1n) is 9.78. The number of aliphatic imine (C=N–C) groups is 1. The molecular weight excluding hydrogens is 400 g/mol. The molecular formula is C23H22N2O4S. The molecule has 0 aromatic heterocycles.